The highest BCUT2D eigenvalue weighted by atomic mass is 16.5. The quantitative estimate of drug-likeness (QED) is 0.424. The molecule has 29 heavy (non-hydrogen) atoms. The zero-order valence-electron chi connectivity index (χ0n) is 15.9. The van der Waals surface area contributed by atoms with Crippen LogP contribution in [0.25, 0.3) is 5.76 Å². The maximum Gasteiger partial charge on any atom is 0.303 e. The summed E-state index contributed by atoms with van der Waals surface area (Å²) in [4.78, 5) is 37.7. The SMILES string of the molecule is COc1ccc([C@@H]2/C(=C(/O)c3ccccc3)C(=O)C(=O)N2CCCC(=O)O)cc1. The Labute approximate surface area is 167 Å². The number of methoxy groups -OCH3 is 1. The summed E-state index contributed by atoms with van der Waals surface area (Å²) in [6.45, 7) is 0.0825. The molecule has 0 bridgehead atoms. The molecule has 7 nitrogen and oxygen atoms in total. The van der Waals surface area contributed by atoms with Crippen molar-refractivity contribution >= 4 is 23.4 Å². The first-order valence-corrected chi connectivity index (χ1v) is 9.13. The second-order valence-corrected chi connectivity index (χ2v) is 6.63. The predicted octanol–water partition coefficient (Wildman–Crippen LogP) is 2.98. The second-order valence-electron chi connectivity index (χ2n) is 6.63. The van der Waals surface area contributed by atoms with Crippen LogP contribution < -0.4 is 4.74 Å². The minimum Gasteiger partial charge on any atom is -0.507 e. The molecule has 0 aromatic heterocycles. The lowest BCUT2D eigenvalue weighted by molar-refractivity contribution is -0.140. The van der Waals surface area contributed by atoms with Crippen molar-refractivity contribution < 1.29 is 29.3 Å². The Kier molecular flexibility index (Phi) is 5.97. The predicted molar refractivity (Wildman–Crippen MR) is 105 cm³/mol. The van der Waals surface area contributed by atoms with Crippen molar-refractivity contribution in [3.8, 4) is 5.75 Å². The van der Waals surface area contributed by atoms with E-state index in [1.807, 2.05) is 0 Å². The third kappa shape index (κ3) is 4.13. The van der Waals surface area contributed by atoms with Crippen LogP contribution in [-0.4, -0.2) is 46.4 Å². The Bertz CT molecular complexity index is 949. The van der Waals surface area contributed by atoms with Crippen LogP contribution in [0.1, 0.15) is 30.0 Å². The maximum atomic E-state index is 12.8. The third-order valence-electron chi connectivity index (χ3n) is 4.81. The molecule has 0 unspecified atom stereocenters. The number of carbonyl (C=O) groups is 3. The highest BCUT2D eigenvalue weighted by molar-refractivity contribution is 6.46. The normalized spacial score (nSPS) is 18.1. The highest BCUT2D eigenvalue weighted by Crippen LogP contribution is 2.39. The van der Waals surface area contributed by atoms with E-state index in [1.54, 1.807) is 54.6 Å². The van der Waals surface area contributed by atoms with Gasteiger partial charge in [0.25, 0.3) is 11.7 Å². The minimum atomic E-state index is -0.980. The first-order chi connectivity index (χ1) is 13.9. The lowest BCUT2D eigenvalue weighted by Crippen LogP contribution is -2.31. The number of aliphatic hydroxyl groups excluding tert-OH is 1. The average Bonchev–Trinajstić information content (AvgIpc) is 2.98. The molecular formula is C22H21NO6. The number of ketones is 1. The van der Waals surface area contributed by atoms with Gasteiger partial charge in [-0.3, -0.25) is 14.4 Å². The van der Waals surface area contributed by atoms with Crippen molar-refractivity contribution in [2.45, 2.75) is 18.9 Å². The molecule has 1 aliphatic heterocycles. The summed E-state index contributed by atoms with van der Waals surface area (Å²) in [7, 11) is 1.53. The van der Waals surface area contributed by atoms with E-state index in [1.165, 1.54) is 12.0 Å². The minimum absolute atomic E-state index is 0.0123. The number of aliphatic hydroxyl groups is 1. The molecule has 1 fully saturated rings. The van der Waals surface area contributed by atoms with Gasteiger partial charge in [-0.2, -0.15) is 0 Å². The summed E-state index contributed by atoms with van der Waals surface area (Å²) in [6.07, 6.45) is 0.0669. The molecule has 0 radical (unpaired) electrons. The summed E-state index contributed by atoms with van der Waals surface area (Å²) in [5, 5.41) is 19.7. The van der Waals surface area contributed by atoms with Gasteiger partial charge in [-0.1, -0.05) is 42.5 Å². The van der Waals surface area contributed by atoms with E-state index < -0.39 is 23.7 Å². The molecule has 150 valence electrons. The van der Waals surface area contributed by atoms with Gasteiger partial charge >= 0.3 is 5.97 Å². The number of likely N-dealkylation sites (tertiary alicyclic amines) is 1. The Morgan fingerprint density at radius 3 is 2.28 bits per heavy atom. The molecule has 3 rings (SSSR count). The number of ether oxygens (including phenoxy) is 1. The number of carboxylic acids is 1. The Hall–Kier alpha value is -3.61. The Balaban J connectivity index is 2.07. The van der Waals surface area contributed by atoms with Crippen molar-refractivity contribution in [3.63, 3.8) is 0 Å². The van der Waals surface area contributed by atoms with Crippen LogP contribution in [0.5, 0.6) is 5.75 Å². The van der Waals surface area contributed by atoms with E-state index >= 15 is 0 Å². The van der Waals surface area contributed by atoms with Crippen molar-refractivity contribution in [1.29, 1.82) is 0 Å². The van der Waals surface area contributed by atoms with Crippen LogP contribution in [0.15, 0.2) is 60.2 Å². The molecule has 1 heterocycles. The smallest absolute Gasteiger partial charge is 0.303 e. The molecule has 2 aromatic rings. The topological polar surface area (TPSA) is 104 Å². The first kappa shape index (κ1) is 20.1. The lowest BCUT2D eigenvalue weighted by Gasteiger charge is -2.25. The zero-order valence-corrected chi connectivity index (χ0v) is 15.9. The molecule has 0 aliphatic carbocycles. The largest absolute Gasteiger partial charge is 0.507 e. The number of Topliss-reactive ketones (excluding diaryl/α,β-unsaturated/α-hetero) is 1. The van der Waals surface area contributed by atoms with Crippen LogP contribution in [0.3, 0.4) is 0 Å². The molecular weight excluding hydrogens is 374 g/mol. The summed E-state index contributed by atoms with van der Waals surface area (Å²) in [5.41, 5.74) is 1.04. The van der Waals surface area contributed by atoms with E-state index in [9.17, 15) is 19.5 Å². The summed E-state index contributed by atoms with van der Waals surface area (Å²) in [5.74, 6) is -2.17. The van der Waals surface area contributed by atoms with E-state index in [0.29, 0.717) is 16.9 Å². The number of hydrogen-bond acceptors (Lipinski definition) is 5. The molecule has 2 N–H and O–H groups in total. The molecule has 7 heteroatoms. The first-order valence-electron chi connectivity index (χ1n) is 9.13. The van der Waals surface area contributed by atoms with Gasteiger partial charge in [0.2, 0.25) is 0 Å². The van der Waals surface area contributed by atoms with Crippen LogP contribution >= 0.6 is 0 Å². The van der Waals surface area contributed by atoms with Gasteiger partial charge in [0.05, 0.1) is 18.7 Å². The van der Waals surface area contributed by atoms with Gasteiger partial charge in [-0.15, -0.1) is 0 Å². The van der Waals surface area contributed by atoms with E-state index in [4.69, 9.17) is 9.84 Å². The number of carbonyl (C=O) groups excluding carboxylic acids is 2. The fourth-order valence-electron chi connectivity index (χ4n) is 3.40. The summed E-state index contributed by atoms with van der Waals surface area (Å²) < 4.78 is 5.16. The molecule has 0 saturated carbocycles. The van der Waals surface area contributed by atoms with E-state index in [0.717, 1.165) is 0 Å². The monoisotopic (exact) mass is 395 g/mol. The van der Waals surface area contributed by atoms with Crippen LogP contribution in [0.4, 0.5) is 0 Å². The van der Waals surface area contributed by atoms with Crippen molar-refractivity contribution in [3.05, 3.63) is 71.3 Å². The summed E-state index contributed by atoms with van der Waals surface area (Å²) in [6, 6.07) is 14.6. The van der Waals surface area contributed by atoms with Crippen LogP contribution in [0, 0.1) is 0 Å². The van der Waals surface area contributed by atoms with Gasteiger partial charge in [0.1, 0.15) is 11.5 Å². The number of carboxylic acid groups (broad SMARTS) is 1. The number of benzene rings is 2. The zero-order chi connectivity index (χ0) is 21.0. The molecule has 1 amide bonds. The van der Waals surface area contributed by atoms with Crippen molar-refractivity contribution in [2.75, 3.05) is 13.7 Å². The fraction of sp³-hybridized carbons (Fsp3) is 0.227. The number of amides is 1. The van der Waals surface area contributed by atoms with Gasteiger partial charge in [0.15, 0.2) is 0 Å². The molecule has 1 saturated heterocycles. The van der Waals surface area contributed by atoms with Gasteiger partial charge in [0, 0.05) is 18.5 Å². The molecule has 1 aliphatic rings. The van der Waals surface area contributed by atoms with E-state index in [-0.39, 0.29) is 30.7 Å². The molecule has 2 aromatic carbocycles. The van der Waals surface area contributed by atoms with Gasteiger partial charge < -0.3 is 19.8 Å². The summed E-state index contributed by atoms with van der Waals surface area (Å²) >= 11 is 0. The Morgan fingerprint density at radius 2 is 1.69 bits per heavy atom. The fourth-order valence-corrected chi connectivity index (χ4v) is 3.40. The van der Waals surface area contributed by atoms with Crippen molar-refractivity contribution in [2.24, 2.45) is 0 Å². The lowest BCUT2D eigenvalue weighted by atomic mass is 9.95. The van der Waals surface area contributed by atoms with Crippen molar-refractivity contribution in [1.82, 2.24) is 4.90 Å². The number of aliphatic carboxylic acids is 1. The number of hydrogen-bond donors (Lipinski definition) is 2. The maximum absolute atomic E-state index is 12.8. The third-order valence-corrected chi connectivity index (χ3v) is 4.81. The standard InChI is InChI=1S/C22H21NO6/c1-29-16-11-9-14(10-12-16)19-18(20(26)15-6-3-2-4-7-15)21(27)22(28)23(19)13-5-8-17(24)25/h2-4,6-7,9-12,19,26H,5,8,13H2,1H3,(H,24,25)/b20-18-/t19-/m1/s1. The number of nitrogens with zero attached hydrogens (tertiary/aromatic N) is 1. The highest BCUT2D eigenvalue weighted by Gasteiger charge is 2.45. The van der Waals surface area contributed by atoms with Crippen LogP contribution in [-0.2, 0) is 14.4 Å². The van der Waals surface area contributed by atoms with Gasteiger partial charge in [-0.25, -0.2) is 0 Å². The number of rotatable bonds is 7. The second kappa shape index (κ2) is 8.60. The molecule has 1 atom stereocenters. The van der Waals surface area contributed by atoms with E-state index in [2.05, 4.69) is 0 Å². The van der Waals surface area contributed by atoms with Crippen LogP contribution in [0.2, 0.25) is 0 Å². The average molecular weight is 395 g/mol. The molecule has 0 spiro atoms. The Morgan fingerprint density at radius 1 is 1.03 bits per heavy atom. The van der Waals surface area contributed by atoms with Gasteiger partial charge in [-0.05, 0) is 24.1 Å².